The number of aromatic nitrogens is 4. The molecule has 0 radical (unpaired) electrons. The lowest BCUT2D eigenvalue weighted by Crippen LogP contribution is -2.61. The summed E-state index contributed by atoms with van der Waals surface area (Å²) in [6, 6.07) is 12.2. The van der Waals surface area contributed by atoms with Crippen molar-refractivity contribution in [2.24, 2.45) is 0 Å². The highest BCUT2D eigenvalue weighted by molar-refractivity contribution is 6.32. The fourth-order valence-electron chi connectivity index (χ4n) is 8.27. The second-order valence-corrected chi connectivity index (χ2v) is 17.3. The van der Waals surface area contributed by atoms with Crippen LogP contribution in [0.5, 0.6) is 0 Å². The standard InChI is InChI=1S/C43H58Cl2F2N8O/c1-27(2)39-37(44)41(29(5)6)54(48-39)25-35(52-21-17-50(18-22-52)33-13-9-31(46)10-14-33)43(56)36(26-55-42(30(7)8)38(45)40(49-55)28(3)4)53-23-19-51(20-24-53)34-15-11-32(47)12-16-34/h9-16,27-30,35-36H,17-26H2,1-8H3. The SMILES string of the molecule is CC(C)c1nn(CC(C(=O)C(Cn2nc(C(C)C)c(Cl)c2C(C)C)N2CCN(c3ccc(F)cc3)CC2)N2CCN(c3ccc(F)cc3)CC2)c(C(C)C)c1Cl. The summed E-state index contributed by atoms with van der Waals surface area (Å²) in [5.74, 6) is 0.0123. The number of hydrogen-bond donors (Lipinski definition) is 0. The maximum atomic E-state index is 15.7. The van der Waals surface area contributed by atoms with Crippen LogP contribution >= 0.6 is 23.2 Å². The van der Waals surface area contributed by atoms with Crippen LogP contribution in [-0.2, 0) is 17.9 Å². The zero-order valence-electron chi connectivity index (χ0n) is 34.2. The summed E-state index contributed by atoms with van der Waals surface area (Å²) >= 11 is 14.1. The zero-order chi connectivity index (χ0) is 40.4. The van der Waals surface area contributed by atoms with E-state index in [1.807, 2.05) is 33.6 Å². The van der Waals surface area contributed by atoms with Crippen LogP contribution < -0.4 is 9.80 Å². The fourth-order valence-corrected chi connectivity index (χ4v) is 9.42. The van der Waals surface area contributed by atoms with Crippen LogP contribution in [0, 0.1) is 11.6 Å². The molecule has 2 unspecified atom stereocenters. The van der Waals surface area contributed by atoms with E-state index in [9.17, 15) is 8.78 Å². The van der Waals surface area contributed by atoms with Gasteiger partial charge in [0.15, 0.2) is 5.78 Å². The van der Waals surface area contributed by atoms with Crippen molar-refractivity contribution >= 4 is 40.4 Å². The van der Waals surface area contributed by atoms with E-state index < -0.39 is 12.1 Å². The zero-order valence-corrected chi connectivity index (χ0v) is 35.7. The first-order chi connectivity index (χ1) is 26.6. The van der Waals surface area contributed by atoms with Gasteiger partial charge in [-0.2, -0.15) is 10.2 Å². The van der Waals surface area contributed by atoms with Crippen LogP contribution in [0.15, 0.2) is 48.5 Å². The average Bonchev–Trinajstić information content (AvgIpc) is 3.69. The molecule has 9 nitrogen and oxygen atoms in total. The summed E-state index contributed by atoms with van der Waals surface area (Å²) < 4.78 is 31.6. The van der Waals surface area contributed by atoms with Crippen LogP contribution in [0.25, 0.3) is 0 Å². The van der Waals surface area contributed by atoms with Crippen LogP contribution in [0.4, 0.5) is 20.2 Å². The largest absolute Gasteiger partial charge is 0.369 e. The van der Waals surface area contributed by atoms with Crippen molar-refractivity contribution in [3.63, 3.8) is 0 Å². The van der Waals surface area contributed by atoms with Gasteiger partial charge in [0.2, 0.25) is 0 Å². The molecular weight excluding hydrogens is 753 g/mol. The Hall–Kier alpha value is -3.51. The van der Waals surface area contributed by atoms with Crippen LogP contribution in [0.3, 0.4) is 0 Å². The van der Waals surface area contributed by atoms with E-state index in [-0.39, 0.29) is 41.1 Å². The molecule has 304 valence electrons. The quantitative estimate of drug-likeness (QED) is 0.126. The van der Waals surface area contributed by atoms with Crippen LogP contribution in [-0.4, -0.2) is 99.6 Å². The van der Waals surface area contributed by atoms with Crippen molar-refractivity contribution in [1.29, 1.82) is 0 Å². The number of benzene rings is 2. The smallest absolute Gasteiger partial charge is 0.170 e. The van der Waals surface area contributed by atoms with Gasteiger partial charge in [-0.15, -0.1) is 0 Å². The molecule has 2 atom stereocenters. The van der Waals surface area contributed by atoms with E-state index in [0.29, 0.717) is 75.5 Å². The Kier molecular flexibility index (Phi) is 13.5. The third-order valence-corrected chi connectivity index (χ3v) is 12.1. The van der Waals surface area contributed by atoms with Crippen molar-refractivity contribution in [1.82, 2.24) is 29.4 Å². The van der Waals surface area contributed by atoms with E-state index in [4.69, 9.17) is 33.4 Å². The van der Waals surface area contributed by atoms with Gasteiger partial charge in [0, 0.05) is 63.7 Å². The van der Waals surface area contributed by atoms with E-state index in [2.05, 4.69) is 75.0 Å². The number of Topliss-reactive ketones (excluding diaryl/α,β-unsaturated/α-hetero) is 1. The summed E-state index contributed by atoms with van der Waals surface area (Å²) in [5.41, 5.74) is 5.47. The Morgan fingerprint density at radius 2 is 0.875 bits per heavy atom. The highest BCUT2D eigenvalue weighted by atomic mass is 35.5. The minimum Gasteiger partial charge on any atom is -0.369 e. The number of carbonyl (C=O) groups is 1. The van der Waals surface area contributed by atoms with Gasteiger partial charge >= 0.3 is 0 Å². The molecule has 2 aromatic carbocycles. The molecule has 4 heterocycles. The topological polar surface area (TPSA) is 65.7 Å². The molecule has 2 fully saturated rings. The monoisotopic (exact) mass is 810 g/mol. The lowest BCUT2D eigenvalue weighted by molar-refractivity contribution is -0.131. The molecule has 56 heavy (non-hydrogen) atoms. The van der Waals surface area contributed by atoms with Crippen LogP contribution in [0.1, 0.15) is 102 Å². The summed E-state index contributed by atoms with van der Waals surface area (Å²) in [4.78, 5) is 24.8. The Labute approximate surface area is 341 Å². The highest BCUT2D eigenvalue weighted by Crippen LogP contribution is 2.35. The van der Waals surface area contributed by atoms with Gasteiger partial charge in [-0.1, -0.05) is 78.6 Å². The third-order valence-electron chi connectivity index (χ3n) is 11.3. The minimum atomic E-state index is -0.517. The second kappa shape index (κ2) is 18.0. The molecule has 0 aliphatic carbocycles. The van der Waals surface area contributed by atoms with Crippen molar-refractivity contribution in [2.75, 3.05) is 62.2 Å². The minimum absolute atomic E-state index is 0.0955. The molecule has 0 N–H and O–H groups in total. The summed E-state index contributed by atoms with van der Waals surface area (Å²) in [6.07, 6.45) is 0. The molecule has 2 aliphatic rings. The fraction of sp³-hybridized carbons (Fsp3) is 0.558. The Balaban J connectivity index is 1.38. The Bertz CT molecular complexity index is 1790. The van der Waals surface area contributed by atoms with Gasteiger partial charge in [-0.05, 0) is 72.2 Å². The number of anilines is 2. The van der Waals surface area contributed by atoms with Gasteiger partial charge in [0.25, 0.3) is 0 Å². The summed E-state index contributed by atoms with van der Waals surface area (Å²) in [6.45, 7) is 22.9. The number of hydrogen-bond acceptors (Lipinski definition) is 7. The molecule has 2 saturated heterocycles. The first-order valence-electron chi connectivity index (χ1n) is 20.2. The summed E-state index contributed by atoms with van der Waals surface area (Å²) in [5, 5.41) is 11.5. The number of piperazine rings is 2. The molecular formula is C43H58Cl2F2N8O. The number of nitrogens with zero attached hydrogens (tertiary/aromatic N) is 8. The lowest BCUT2D eigenvalue weighted by atomic mass is 9.99. The molecule has 0 spiro atoms. The maximum Gasteiger partial charge on any atom is 0.170 e. The van der Waals surface area contributed by atoms with Gasteiger partial charge < -0.3 is 9.80 Å². The molecule has 0 saturated carbocycles. The Morgan fingerprint density at radius 1 is 0.554 bits per heavy atom. The summed E-state index contributed by atoms with van der Waals surface area (Å²) in [7, 11) is 0. The highest BCUT2D eigenvalue weighted by Gasteiger charge is 2.40. The molecule has 6 rings (SSSR count). The van der Waals surface area contributed by atoms with Crippen molar-refractivity contribution in [3.05, 3.63) is 93.0 Å². The molecule has 13 heteroatoms. The van der Waals surface area contributed by atoms with Gasteiger partial charge in [0.1, 0.15) is 11.6 Å². The van der Waals surface area contributed by atoms with Crippen molar-refractivity contribution < 1.29 is 13.6 Å². The normalized spacial score (nSPS) is 17.2. The average molecular weight is 812 g/mol. The number of ketones is 1. The number of rotatable bonds is 14. The predicted octanol–water partition coefficient (Wildman–Crippen LogP) is 8.81. The van der Waals surface area contributed by atoms with Crippen molar-refractivity contribution in [2.45, 2.75) is 104 Å². The number of halogens is 4. The molecule has 2 aliphatic heterocycles. The molecule has 0 bridgehead atoms. The Morgan fingerprint density at radius 3 is 1.16 bits per heavy atom. The van der Waals surface area contributed by atoms with Gasteiger partial charge in [0.05, 0.1) is 58.0 Å². The molecule has 0 amide bonds. The molecule has 4 aromatic rings. The van der Waals surface area contributed by atoms with E-state index in [1.54, 1.807) is 0 Å². The van der Waals surface area contributed by atoms with Crippen molar-refractivity contribution in [3.8, 4) is 0 Å². The van der Waals surface area contributed by atoms with E-state index >= 15 is 4.79 Å². The molecule has 2 aromatic heterocycles. The third kappa shape index (κ3) is 9.11. The first kappa shape index (κ1) is 42.1. The maximum absolute atomic E-state index is 15.7. The van der Waals surface area contributed by atoms with E-state index in [0.717, 1.165) is 34.2 Å². The van der Waals surface area contributed by atoms with Gasteiger partial charge in [-0.25, -0.2) is 8.78 Å². The van der Waals surface area contributed by atoms with Gasteiger partial charge in [-0.3, -0.25) is 24.0 Å². The van der Waals surface area contributed by atoms with E-state index in [1.165, 1.54) is 24.3 Å². The lowest BCUT2D eigenvalue weighted by Gasteiger charge is -2.44. The van der Waals surface area contributed by atoms with Crippen LogP contribution in [0.2, 0.25) is 10.0 Å². The first-order valence-corrected chi connectivity index (χ1v) is 20.9. The number of carbonyl (C=O) groups excluding carboxylic acids is 1. The predicted molar refractivity (Wildman–Crippen MR) is 224 cm³/mol. The second-order valence-electron chi connectivity index (χ2n) is 16.6.